The average Bonchev–Trinajstić information content (AvgIpc) is 3.16. The van der Waals surface area contributed by atoms with Crippen molar-refractivity contribution in [1.82, 2.24) is 19.7 Å². The van der Waals surface area contributed by atoms with Gasteiger partial charge in [-0.15, -0.1) is 10.2 Å². The maximum atomic E-state index is 12.2. The number of thioether (sulfide) groups is 1. The van der Waals surface area contributed by atoms with Gasteiger partial charge < -0.3 is 15.2 Å². The van der Waals surface area contributed by atoms with Crippen LogP contribution in [-0.4, -0.2) is 31.4 Å². The summed E-state index contributed by atoms with van der Waals surface area (Å²) in [5.74, 6) is 0.862. The Morgan fingerprint density at radius 2 is 1.90 bits per heavy atom. The number of allylic oxidation sites excluding steroid dienone is 2. The molecule has 2 N–H and O–H groups in total. The fourth-order valence-electron chi connectivity index (χ4n) is 2.62. The molecule has 0 unspecified atom stereocenters. The number of hydrogen-bond acceptors (Lipinski definition) is 6. The Hall–Kier alpha value is -3.13. The Morgan fingerprint density at radius 3 is 2.55 bits per heavy atom. The van der Waals surface area contributed by atoms with E-state index in [1.807, 2.05) is 73.9 Å². The van der Waals surface area contributed by atoms with Crippen molar-refractivity contribution in [2.24, 2.45) is 0 Å². The molecule has 3 aromatic rings. The predicted octanol–water partition coefficient (Wildman–Crippen LogP) is 4.43. The van der Waals surface area contributed by atoms with E-state index in [4.69, 9.17) is 0 Å². The van der Waals surface area contributed by atoms with E-state index >= 15 is 0 Å². The molecule has 0 bridgehead atoms. The molecule has 1 aromatic carbocycles. The van der Waals surface area contributed by atoms with Crippen LogP contribution >= 0.6 is 11.8 Å². The SMILES string of the molecule is C/C=C(/C)Nc1ccc(-c2nnc(SCC(=O)Nc3ccccc3)n2CC)nc1. The summed E-state index contributed by atoms with van der Waals surface area (Å²) >= 11 is 1.36. The third-order valence-corrected chi connectivity index (χ3v) is 5.16. The highest BCUT2D eigenvalue weighted by Crippen LogP contribution is 2.24. The first-order valence-corrected chi connectivity index (χ1v) is 10.4. The molecule has 0 aliphatic rings. The van der Waals surface area contributed by atoms with Crippen LogP contribution in [0.25, 0.3) is 11.5 Å². The van der Waals surface area contributed by atoms with Gasteiger partial charge in [0.1, 0.15) is 5.69 Å². The highest BCUT2D eigenvalue weighted by molar-refractivity contribution is 7.99. The molecule has 0 spiro atoms. The van der Waals surface area contributed by atoms with Crippen LogP contribution in [0.15, 0.2) is 65.6 Å². The Bertz CT molecular complexity index is 982. The number of amides is 1. The predicted molar refractivity (Wildman–Crippen MR) is 118 cm³/mol. The minimum atomic E-state index is -0.0821. The lowest BCUT2D eigenvalue weighted by Gasteiger charge is -2.09. The number of carbonyl (C=O) groups is 1. The quantitative estimate of drug-likeness (QED) is 0.537. The fourth-order valence-corrected chi connectivity index (χ4v) is 3.42. The largest absolute Gasteiger partial charge is 0.358 e. The number of hydrogen-bond donors (Lipinski definition) is 2. The maximum absolute atomic E-state index is 12.2. The van der Waals surface area contributed by atoms with Crippen LogP contribution in [0.2, 0.25) is 0 Å². The number of rotatable bonds is 8. The summed E-state index contributed by atoms with van der Waals surface area (Å²) in [6, 6.07) is 13.3. The van der Waals surface area contributed by atoms with Crippen LogP contribution in [-0.2, 0) is 11.3 Å². The molecule has 7 nitrogen and oxygen atoms in total. The zero-order valence-corrected chi connectivity index (χ0v) is 17.5. The van der Waals surface area contributed by atoms with E-state index in [0.717, 1.165) is 22.8 Å². The number of nitrogens with zero attached hydrogens (tertiary/aromatic N) is 4. The van der Waals surface area contributed by atoms with Crippen molar-refractivity contribution in [1.29, 1.82) is 0 Å². The van der Waals surface area contributed by atoms with Crippen LogP contribution in [0, 0.1) is 0 Å². The second-order valence-corrected chi connectivity index (χ2v) is 7.22. The fraction of sp³-hybridized carbons (Fsp3) is 0.238. The molecule has 0 atom stereocenters. The standard InChI is InChI=1S/C21H24N6OS/c1-4-15(3)23-17-11-12-18(22-13-17)20-25-26-21(27(20)5-2)29-14-19(28)24-16-9-7-6-8-10-16/h4,6-13,23H,5,14H2,1-3H3,(H,24,28)/b15-4-. The smallest absolute Gasteiger partial charge is 0.234 e. The van der Waals surface area contributed by atoms with Crippen LogP contribution < -0.4 is 10.6 Å². The van der Waals surface area contributed by atoms with Crippen molar-refractivity contribution >= 4 is 29.0 Å². The van der Waals surface area contributed by atoms with E-state index in [0.29, 0.717) is 17.5 Å². The van der Waals surface area contributed by atoms with Crippen molar-refractivity contribution in [2.45, 2.75) is 32.5 Å². The van der Waals surface area contributed by atoms with Gasteiger partial charge in [0.05, 0.1) is 17.6 Å². The number of pyridine rings is 1. The zero-order chi connectivity index (χ0) is 20.6. The number of aromatic nitrogens is 4. The Morgan fingerprint density at radius 1 is 1.10 bits per heavy atom. The molecule has 0 saturated heterocycles. The van der Waals surface area contributed by atoms with Crippen LogP contribution in [0.1, 0.15) is 20.8 Å². The molecule has 2 aromatic heterocycles. The molecule has 8 heteroatoms. The molecular formula is C21H24N6OS. The van der Waals surface area contributed by atoms with Crippen molar-refractivity contribution < 1.29 is 4.79 Å². The van der Waals surface area contributed by atoms with Gasteiger partial charge in [0.15, 0.2) is 11.0 Å². The summed E-state index contributed by atoms with van der Waals surface area (Å²) in [4.78, 5) is 16.7. The van der Waals surface area contributed by atoms with Gasteiger partial charge in [-0.2, -0.15) is 0 Å². The third-order valence-electron chi connectivity index (χ3n) is 4.19. The molecule has 29 heavy (non-hydrogen) atoms. The Labute approximate surface area is 174 Å². The minimum absolute atomic E-state index is 0.0821. The van der Waals surface area contributed by atoms with Gasteiger partial charge in [0.2, 0.25) is 5.91 Å². The molecule has 0 aliphatic heterocycles. The number of para-hydroxylation sites is 1. The molecule has 1 amide bonds. The molecule has 3 rings (SSSR count). The molecule has 150 valence electrons. The number of anilines is 2. The third kappa shape index (κ3) is 5.45. The highest BCUT2D eigenvalue weighted by Gasteiger charge is 2.15. The van der Waals surface area contributed by atoms with Gasteiger partial charge in [0, 0.05) is 17.9 Å². The minimum Gasteiger partial charge on any atom is -0.358 e. The lowest BCUT2D eigenvalue weighted by Crippen LogP contribution is -2.14. The van der Waals surface area contributed by atoms with Gasteiger partial charge in [-0.1, -0.05) is 36.0 Å². The van der Waals surface area contributed by atoms with Crippen molar-refractivity contribution in [2.75, 3.05) is 16.4 Å². The normalized spacial score (nSPS) is 11.3. The molecular weight excluding hydrogens is 384 g/mol. The maximum Gasteiger partial charge on any atom is 0.234 e. The van der Waals surface area contributed by atoms with E-state index < -0.39 is 0 Å². The van der Waals surface area contributed by atoms with Crippen molar-refractivity contribution in [3.05, 3.63) is 60.4 Å². The van der Waals surface area contributed by atoms with E-state index in [-0.39, 0.29) is 11.7 Å². The number of benzene rings is 1. The molecule has 0 saturated carbocycles. The van der Waals surface area contributed by atoms with E-state index in [9.17, 15) is 4.79 Å². The summed E-state index contributed by atoms with van der Waals surface area (Å²) in [6.45, 7) is 6.68. The first-order chi connectivity index (χ1) is 14.1. The van der Waals surface area contributed by atoms with E-state index in [1.54, 1.807) is 6.20 Å². The summed E-state index contributed by atoms with van der Waals surface area (Å²) in [5, 5.41) is 15.4. The number of carbonyl (C=O) groups excluding carboxylic acids is 1. The van der Waals surface area contributed by atoms with Gasteiger partial charge in [-0.05, 0) is 45.0 Å². The summed E-state index contributed by atoms with van der Waals surface area (Å²) in [6.07, 6.45) is 3.77. The summed E-state index contributed by atoms with van der Waals surface area (Å²) < 4.78 is 1.97. The molecule has 0 radical (unpaired) electrons. The van der Waals surface area contributed by atoms with E-state index in [1.165, 1.54) is 11.8 Å². The van der Waals surface area contributed by atoms with Crippen LogP contribution in [0.3, 0.4) is 0 Å². The number of nitrogens with one attached hydrogen (secondary N) is 2. The van der Waals surface area contributed by atoms with Crippen molar-refractivity contribution in [3.8, 4) is 11.5 Å². The van der Waals surface area contributed by atoms with Gasteiger partial charge in [-0.25, -0.2) is 0 Å². The zero-order valence-electron chi connectivity index (χ0n) is 16.7. The van der Waals surface area contributed by atoms with Gasteiger partial charge >= 0.3 is 0 Å². The second kappa shape index (κ2) is 9.88. The van der Waals surface area contributed by atoms with E-state index in [2.05, 4.69) is 25.8 Å². The van der Waals surface area contributed by atoms with Gasteiger partial charge in [-0.3, -0.25) is 9.78 Å². The first kappa shape index (κ1) is 20.6. The average molecular weight is 409 g/mol. The van der Waals surface area contributed by atoms with Gasteiger partial charge in [0.25, 0.3) is 0 Å². The topological polar surface area (TPSA) is 84.7 Å². The Balaban J connectivity index is 1.67. The lowest BCUT2D eigenvalue weighted by atomic mass is 10.3. The summed E-state index contributed by atoms with van der Waals surface area (Å²) in [7, 11) is 0. The lowest BCUT2D eigenvalue weighted by molar-refractivity contribution is -0.113. The van der Waals surface area contributed by atoms with Crippen molar-refractivity contribution in [3.63, 3.8) is 0 Å². The second-order valence-electron chi connectivity index (χ2n) is 6.28. The highest BCUT2D eigenvalue weighted by atomic mass is 32.2. The summed E-state index contributed by atoms with van der Waals surface area (Å²) in [5.41, 5.74) is 3.49. The molecule has 2 heterocycles. The molecule has 0 fully saturated rings. The monoisotopic (exact) mass is 408 g/mol. The van der Waals surface area contributed by atoms with Crippen LogP contribution in [0.5, 0.6) is 0 Å². The Kier molecular flexibility index (Phi) is 7.02. The molecule has 0 aliphatic carbocycles. The first-order valence-electron chi connectivity index (χ1n) is 9.38. The van der Waals surface area contributed by atoms with Crippen LogP contribution in [0.4, 0.5) is 11.4 Å².